The minimum Gasteiger partial charge on any atom is -0.355 e. The van der Waals surface area contributed by atoms with E-state index in [1.807, 2.05) is 52.1 Å². The third-order valence-corrected chi connectivity index (χ3v) is 6.09. The van der Waals surface area contributed by atoms with Crippen LogP contribution in [0.4, 0.5) is 0 Å². The molecule has 142 valence electrons. The highest BCUT2D eigenvalue weighted by atomic mass is 32.1. The van der Waals surface area contributed by atoms with Crippen molar-refractivity contribution >= 4 is 27.5 Å². The van der Waals surface area contributed by atoms with Gasteiger partial charge in [0.05, 0.1) is 11.4 Å². The number of benzene rings is 1. The third kappa shape index (κ3) is 3.79. The second-order valence-corrected chi connectivity index (χ2v) is 7.98. The van der Waals surface area contributed by atoms with E-state index in [0.29, 0.717) is 23.3 Å². The predicted molar refractivity (Wildman–Crippen MR) is 109 cm³/mol. The van der Waals surface area contributed by atoms with E-state index >= 15 is 0 Å². The summed E-state index contributed by atoms with van der Waals surface area (Å²) >= 11 is 1.56. The van der Waals surface area contributed by atoms with Crippen molar-refractivity contribution in [2.75, 3.05) is 14.1 Å². The van der Waals surface area contributed by atoms with Gasteiger partial charge in [0.25, 0.3) is 11.5 Å². The molecule has 27 heavy (non-hydrogen) atoms. The fourth-order valence-corrected chi connectivity index (χ4v) is 4.05. The predicted octanol–water partition coefficient (Wildman–Crippen LogP) is 3.15. The number of carbonyl (C=O) groups is 1. The molecular weight excluding hydrogens is 360 g/mol. The van der Waals surface area contributed by atoms with Crippen LogP contribution >= 0.6 is 11.3 Å². The zero-order chi connectivity index (χ0) is 19.7. The van der Waals surface area contributed by atoms with Crippen molar-refractivity contribution in [1.82, 2.24) is 20.2 Å². The van der Waals surface area contributed by atoms with Crippen LogP contribution in [0, 0.1) is 13.8 Å². The van der Waals surface area contributed by atoms with Gasteiger partial charge in [-0.15, -0.1) is 11.3 Å². The summed E-state index contributed by atoms with van der Waals surface area (Å²) in [6, 6.07) is 7.47. The quantitative estimate of drug-likeness (QED) is 0.708. The molecule has 0 aliphatic carbocycles. The lowest BCUT2D eigenvalue weighted by molar-refractivity contribution is 0.0963. The van der Waals surface area contributed by atoms with Crippen LogP contribution in [-0.2, 0) is 6.54 Å². The standard InChI is InChI=1S/C20H24N4O2S/c1-11-13(3)27-20-16(11)19(26)22-17(23-20)12(2)24(5)10-14-6-8-15(9-7-14)18(25)21-4/h6-9,12H,10H2,1-5H3,(H,21,25)(H,22,23,26)/t12-/m0/s1. The summed E-state index contributed by atoms with van der Waals surface area (Å²) in [6.07, 6.45) is 0. The average molecular weight is 385 g/mol. The normalized spacial score (nSPS) is 12.5. The first-order chi connectivity index (χ1) is 12.8. The molecule has 3 aromatic rings. The first kappa shape index (κ1) is 19.3. The highest BCUT2D eigenvalue weighted by Gasteiger charge is 2.18. The van der Waals surface area contributed by atoms with E-state index in [0.717, 1.165) is 20.8 Å². The number of carbonyl (C=O) groups excluding carboxylic acids is 1. The van der Waals surface area contributed by atoms with Crippen LogP contribution in [0.25, 0.3) is 10.2 Å². The first-order valence-electron chi connectivity index (χ1n) is 8.83. The SMILES string of the molecule is CNC(=O)c1ccc(CN(C)[C@@H](C)c2nc3sc(C)c(C)c3c(=O)[nH]2)cc1. The second-order valence-electron chi connectivity index (χ2n) is 6.78. The van der Waals surface area contributed by atoms with E-state index < -0.39 is 0 Å². The number of aromatic nitrogens is 2. The maximum Gasteiger partial charge on any atom is 0.259 e. The summed E-state index contributed by atoms with van der Waals surface area (Å²) in [5.41, 5.74) is 2.65. The number of fused-ring (bicyclic) bond motifs is 1. The Hall–Kier alpha value is -2.51. The van der Waals surface area contributed by atoms with Gasteiger partial charge in [0.15, 0.2) is 0 Å². The van der Waals surface area contributed by atoms with Crippen molar-refractivity contribution in [3.8, 4) is 0 Å². The van der Waals surface area contributed by atoms with Crippen molar-refractivity contribution in [3.63, 3.8) is 0 Å². The molecule has 1 amide bonds. The lowest BCUT2D eigenvalue weighted by Gasteiger charge is -2.24. The Morgan fingerprint density at radius 1 is 1.30 bits per heavy atom. The molecule has 1 aromatic carbocycles. The number of nitrogens with zero attached hydrogens (tertiary/aromatic N) is 2. The van der Waals surface area contributed by atoms with Crippen LogP contribution in [0.15, 0.2) is 29.1 Å². The lowest BCUT2D eigenvalue weighted by Crippen LogP contribution is -2.26. The van der Waals surface area contributed by atoms with E-state index in [1.54, 1.807) is 18.4 Å². The molecule has 0 aliphatic rings. The van der Waals surface area contributed by atoms with Gasteiger partial charge in [0.1, 0.15) is 10.7 Å². The maximum absolute atomic E-state index is 12.5. The van der Waals surface area contributed by atoms with E-state index in [-0.39, 0.29) is 17.5 Å². The average Bonchev–Trinajstić information content (AvgIpc) is 2.95. The number of hydrogen-bond acceptors (Lipinski definition) is 5. The van der Waals surface area contributed by atoms with E-state index in [4.69, 9.17) is 4.98 Å². The molecule has 6 nitrogen and oxygen atoms in total. The molecule has 0 saturated heterocycles. The number of aryl methyl sites for hydroxylation is 2. The number of amides is 1. The summed E-state index contributed by atoms with van der Waals surface area (Å²) in [6.45, 7) is 6.68. The van der Waals surface area contributed by atoms with Crippen LogP contribution in [0.1, 0.15) is 45.2 Å². The largest absolute Gasteiger partial charge is 0.355 e. The zero-order valence-corrected chi connectivity index (χ0v) is 17.0. The molecule has 1 atom stereocenters. The smallest absolute Gasteiger partial charge is 0.259 e. The molecule has 0 aliphatic heterocycles. The Kier molecular flexibility index (Phi) is 5.43. The van der Waals surface area contributed by atoms with Gasteiger partial charge >= 0.3 is 0 Å². The van der Waals surface area contributed by atoms with Crippen molar-refractivity contribution in [3.05, 3.63) is 62.0 Å². The van der Waals surface area contributed by atoms with Crippen LogP contribution in [-0.4, -0.2) is 34.9 Å². The van der Waals surface area contributed by atoms with Crippen molar-refractivity contribution in [2.24, 2.45) is 0 Å². The Labute approximate surface area is 162 Å². The minimum atomic E-state index is -0.0973. The van der Waals surface area contributed by atoms with Crippen molar-refractivity contribution in [2.45, 2.75) is 33.4 Å². The topological polar surface area (TPSA) is 78.1 Å². The van der Waals surface area contributed by atoms with Gasteiger partial charge in [-0.1, -0.05) is 12.1 Å². The molecule has 0 unspecified atom stereocenters. The number of thiophene rings is 1. The Balaban J connectivity index is 1.81. The lowest BCUT2D eigenvalue weighted by atomic mass is 10.1. The number of rotatable bonds is 5. The molecule has 2 heterocycles. The van der Waals surface area contributed by atoms with E-state index in [1.165, 1.54) is 0 Å². The summed E-state index contributed by atoms with van der Waals surface area (Å²) < 4.78 is 0. The van der Waals surface area contributed by atoms with E-state index in [2.05, 4.69) is 15.2 Å². The minimum absolute atomic E-state index is 0.0524. The maximum atomic E-state index is 12.5. The van der Waals surface area contributed by atoms with Crippen molar-refractivity contribution < 1.29 is 4.79 Å². The zero-order valence-electron chi connectivity index (χ0n) is 16.2. The summed E-state index contributed by atoms with van der Waals surface area (Å²) in [7, 11) is 3.61. The second kappa shape index (κ2) is 7.62. The van der Waals surface area contributed by atoms with Gasteiger partial charge in [0.2, 0.25) is 0 Å². The summed E-state index contributed by atoms with van der Waals surface area (Å²) in [4.78, 5) is 35.8. The van der Waals surface area contributed by atoms with Crippen molar-refractivity contribution in [1.29, 1.82) is 0 Å². The molecule has 2 N–H and O–H groups in total. The summed E-state index contributed by atoms with van der Waals surface area (Å²) in [5.74, 6) is 0.568. The summed E-state index contributed by atoms with van der Waals surface area (Å²) in [5, 5.41) is 3.31. The fourth-order valence-electron chi connectivity index (χ4n) is 3.01. The molecule has 0 radical (unpaired) electrons. The molecule has 7 heteroatoms. The number of aromatic amines is 1. The fraction of sp³-hybridized carbons (Fsp3) is 0.350. The molecule has 0 bridgehead atoms. The first-order valence-corrected chi connectivity index (χ1v) is 9.64. The highest BCUT2D eigenvalue weighted by molar-refractivity contribution is 7.18. The Bertz CT molecular complexity index is 1040. The molecule has 2 aromatic heterocycles. The molecular formula is C20H24N4O2S. The van der Waals surface area contributed by atoms with Gasteiger partial charge < -0.3 is 10.3 Å². The van der Waals surface area contributed by atoms with Gasteiger partial charge in [-0.2, -0.15) is 0 Å². The van der Waals surface area contributed by atoms with Crippen LogP contribution in [0.2, 0.25) is 0 Å². The van der Waals surface area contributed by atoms with Crippen LogP contribution in [0.5, 0.6) is 0 Å². The monoisotopic (exact) mass is 384 g/mol. The van der Waals surface area contributed by atoms with Gasteiger partial charge in [-0.05, 0) is 51.1 Å². The number of nitrogens with one attached hydrogen (secondary N) is 2. The number of hydrogen-bond donors (Lipinski definition) is 2. The van der Waals surface area contributed by atoms with Gasteiger partial charge in [0, 0.05) is 24.0 Å². The van der Waals surface area contributed by atoms with E-state index in [9.17, 15) is 9.59 Å². The van der Waals surface area contributed by atoms with Crippen LogP contribution in [0.3, 0.4) is 0 Å². The molecule has 0 saturated carbocycles. The number of H-pyrrole nitrogens is 1. The third-order valence-electron chi connectivity index (χ3n) is 4.99. The Morgan fingerprint density at radius 2 is 1.96 bits per heavy atom. The Morgan fingerprint density at radius 3 is 2.59 bits per heavy atom. The molecule has 3 rings (SSSR count). The van der Waals surface area contributed by atoms with Gasteiger partial charge in [-0.3, -0.25) is 14.5 Å². The molecule has 0 fully saturated rings. The molecule has 0 spiro atoms. The highest BCUT2D eigenvalue weighted by Crippen LogP contribution is 2.27. The van der Waals surface area contributed by atoms with Crippen LogP contribution < -0.4 is 10.9 Å². The van der Waals surface area contributed by atoms with Gasteiger partial charge in [-0.25, -0.2) is 4.98 Å².